The smallest absolute Gasteiger partial charge is 0.252 e. The Morgan fingerprint density at radius 3 is 2.42 bits per heavy atom. The Morgan fingerprint density at radius 2 is 1.96 bits per heavy atom. The summed E-state index contributed by atoms with van der Waals surface area (Å²) in [6, 6.07) is 1.83. The summed E-state index contributed by atoms with van der Waals surface area (Å²) in [5.74, 6) is -0.417. The number of aromatic nitrogens is 3. The second kappa shape index (κ2) is 6.67. The van der Waals surface area contributed by atoms with Crippen LogP contribution < -0.4 is 0 Å². The maximum atomic E-state index is 12.5. The number of rotatable bonds is 5. The first-order chi connectivity index (χ1) is 11.0. The Balaban J connectivity index is 2.18. The number of nitrogens with one attached hydrogen (secondary N) is 1. The summed E-state index contributed by atoms with van der Waals surface area (Å²) in [6.45, 7) is 1.40. The average molecular weight is 386 g/mol. The normalized spacial score (nSPS) is 16.1. The van der Waals surface area contributed by atoms with Crippen LogP contribution >= 0.6 is 11.3 Å². The van der Waals surface area contributed by atoms with E-state index in [2.05, 4.69) is 15.2 Å². The van der Waals surface area contributed by atoms with E-state index in [1.807, 2.05) is 0 Å². The number of hydrogen-bond acceptors (Lipinski definition) is 6. The molecule has 2 aromatic heterocycles. The van der Waals surface area contributed by atoms with Crippen LogP contribution in [0.5, 0.6) is 0 Å². The van der Waals surface area contributed by atoms with Crippen molar-refractivity contribution in [3.05, 3.63) is 39.6 Å². The molecule has 0 amide bonds. The third-order valence-electron chi connectivity index (χ3n) is 3.12. The first-order valence-electron chi connectivity index (χ1n) is 6.39. The number of pyridine rings is 1. The summed E-state index contributed by atoms with van der Waals surface area (Å²) in [7, 11) is -3.39. The lowest BCUT2D eigenvalue weighted by Crippen LogP contribution is -2.13. The molecule has 2 atom stereocenters. The second-order valence-corrected chi connectivity index (χ2v) is 8.36. The Morgan fingerprint density at radius 1 is 1.29 bits per heavy atom. The van der Waals surface area contributed by atoms with Crippen molar-refractivity contribution >= 4 is 21.1 Å². The van der Waals surface area contributed by atoms with E-state index in [1.165, 1.54) is 6.92 Å². The van der Waals surface area contributed by atoms with Crippen molar-refractivity contribution in [1.29, 1.82) is 4.78 Å². The Hall–Kier alpha value is -1.69. The molecule has 2 heterocycles. The van der Waals surface area contributed by atoms with Crippen molar-refractivity contribution < 1.29 is 26.2 Å². The van der Waals surface area contributed by atoms with Gasteiger partial charge in [-0.15, -0.1) is 10.2 Å². The van der Waals surface area contributed by atoms with Gasteiger partial charge < -0.3 is 0 Å². The van der Waals surface area contributed by atoms with Crippen LogP contribution in [0.2, 0.25) is 0 Å². The molecule has 0 aromatic carbocycles. The fourth-order valence-corrected chi connectivity index (χ4v) is 4.26. The van der Waals surface area contributed by atoms with Crippen LogP contribution in [0, 0.1) is 4.78 Å². The van der Waals surface area contributed by atoms with Crippen molar-refractivity contribution in [1.82, 2.24) is 15.2 Å². The van der Waals surface area contributed by atoms with E-state index >= 15 is 0 Å². The number of hydrogen-bond donors (Lipinski definition) is 1. The third kappa shape index (κ3) is 4.23. The van der Waals surface area contributed by atoms with Crippen LogP contribution in [-0.2, 0) is 21.7 Å². The summed E-state index contributed by atoms with van der Waals surface area (Å²) in [5, 5.41) is 5.23. The zero-order valence-corrected chi connectivity index (χ0v) is 13.7. The van der Waals surface area contributed by atoms with E-state index in [0.717, 1.165) is 18.3 Å². The quantitative estimate of drug-likeness (QED) is 0.781. The minimum absolute atomic E-state index is 0.0111. The van der Waals surface area contributed by atoms with Crippen molar-refractivity contribution in [2.24, 2.45) is 0 Å². The lowest BCUT2D eigenvalue weighted by molar-refractivity contribution is -0.141. The summed E-state index contributed by atoms with van der Waals surface area (Å²) >= 11 is 0.550. The SMILES string of the molecule is CC(c1ccc(C(F)(F)F)nc1)S(=N)(=O)Cc1nnc(C(F)F)s1. The number of nitrogens with zero attached hydrogens (tertiary/aromatic N) is 3. The second-order valence-electron chi connectivity index (χ2n) is 4.82. The van der Waals surface area contributed by atoms with Gasteiger partial charge in [0.25, 0.3) is 6.43 Å². The molecule has 2 unspecified atom stereocenters. The minimum Gasteiger partial charge on any atom is -0.252 e. The molecule has 1 N–H and O–H groups in total. The Labute approximate surface area is 137 Å². The molecule has 0 saturated carbocycles. The molecule has 0 aliphatic rings. The van der Waals surface area contributed by atoms with Gasteiger partial charge in [-0.3, -0.25) is 9.76 Å². The molecular weight excluding hydrogens is 375 g/mol. The van der Waals surface area contributed by atoms with E-state index in [1.54, 1.807) is 0 Å². The molecule has 0 radical (unpaired) electrons. The van der Waals surface area contributed by atoms with Crippen molar-refractivity contribution in [2.45, 2.75) is 30.5 Å². The highest BCUT2D eigenvalue weighted by Gasteiger charge is 2.32. The highest BCUT2D eigenvalue weighted by atomic mass is 32.2. The van der Waals surface area contributed by atoms with Gasteiger partial charge in [-0.05, 0) is 18.6 Å². The van der Waals surface area contributed by atoms with Crippen LogP contribution in [0.15, 0.2) is 18.3 Å². The molecule has 2 aromatic rings. The van der Waals surface area contributed by atoms with Crippen LogP contribution in [0.25, 0.3) is 0 Å². The third-order valence-corrected chi connectivity index (χ3v) is 6.35. The maximum absolute atomic E-state index is 12.5. The summed E-state index contributed by atoms with van der Waals surface area (Å²) in [5.41, 5.74) is -0.915. The lowest BCUT2D eigenvalue weighted by atomic mass is 10.2. The maximum Gasteiger partial charge on any atom is 0.433 e. The first kappa shape index (κ1) is 18.6. The van der Waals surface area contributed by atoms with Gasteiger partial charge in [0.1, 0.15) is 10.7 Å². The molecule has 2 rings (SSSR count). The molecule has 24 heavy (non-hydrogen) atoms. The van der Waals surface area contributed by atoms with Gasteiger partial charge >= 0.3 is 6.18 Å². The Bertz CT molecular complexity index is 802. The van der Waals surface area contributed by atoms with Crippen LogP contribution in [0.4, 0.5) is 22.0 Å². The monoisotopic (exact) mass is 386 g/mol. The highest BCUT2D eigenvalue weighted by Crippen LogP contribution is 2.31. The van der Waals surface area contributed by atoms with Crippen molar-refractivity contribution in [3.63, 3.8) is 0 Å². The molecule has 132 valence electrons. The molecule has 0 spiro atoms. The molecule has 12 heteroatoms. The average Bonchev–Trinajstić information content (AvgIpc) is 2.93. The number of alkyl halides is 5. The van der Waals surface area contributed by atoms with Gasteiger partial charge in [0, 0.05) is 6.20 Å². The van der Waals surface area contributed by atoms with Crippen molar-refractivity contribution in [3.8, 4) is 0 Å². The molecule has 0 aliphatic heterocycles. The summed E-state index contributed by atoms with van der Waals surface area (Å²) < 4.78 is 82.8. The first-order valence-corrected chi connectivity index (χ1v) is 9.00. The van der Waals surface area contributed by atoms with Crippen LogP contribution in [0.1, 0.15) is 39.9 Å². The minimum atomic E-state index is -4.59. The molecule has 5 nitrogen and oxygen atoms in total. The van der Waals surface area contributed by atoms with E-state index < -0.39 is 44.0 Å². The molecule has 0 aliphatic carbocycles. The van der Waals surface area contributed by atoms with Gasteiger partial charge in [0.15, 0.2) is 5.01 Å². The predicted molar refractivity (Wildman–Crippen MR) is 77.1 cm³/mol. The number of halogens is 5. The molecular formula is C12H11F5N4OS2. The fraction of sp³-hybridized carbons (Fsp3) is 0.417. The van der Waals surface area contributed by atoms with Gasteiger partial charge in [-0.2, -0.15) is 13.2 Å². The fourth-order valence-electron chi connectivity index (χ4n) is 1.75. The van der Waals surface area contributed by atoms with Gasteiger partial charge in [-0.1, -0.05) is 17.4 Å². The van der Waals surface area contributed by atoms with Crippen molar-refractivity contribution in [2.75, 3.05) is 0 Å². The van der Waals surface area contributed by atoms with E-state index in [9.17, 15) is 26.2 Å². The van der Waals surface area contributed by atoms with Crippen LogP contribution in [-0.4, -0.2) is 19.4 Å². The topological polar surface area (TPSA) is 79.6 Å². The predicted octanol–water partition coefficient (Wildman–Crippen LogP) is 4.20. The standard InChI is InChI=1S/C12H11F5N4OS2/c1-6(7-2-3-8(19-4-7)12(15,16)17)24(18,22)5-9-20-21-11(23-9)10(13)14/h2-4,6,10,18H,5H2,1H3. The van der Waals surface area contributed by atoms with Gasteiger partial charge in [0.05, 0.1) is 20.7 Å². The highest BCUT2D eigenvalue weighted by molar-refractivity contribution is 7.92. The lowest BCUT2D eigenvalue weighted by Gasteiger charge is -2.15. The molecule has 0 saturated heterocycles. The Kier molecular flexibility index (Phi) is 5.18. The van der Waals surface area contributed by atoms with Crippen LogP contribution in [0.3, 0.4) is 0 Å². The zero-order valence-electron chi connectivity index (χ0n) is 12.1. The molecule has 0 fully saturated rings. The van der Waals surface area contributed by atoms with E-state index in [0.29, 0.717) is 11.3 Å². The summed E-state index contributed by atoms with van der Waals surface area (Å²) in [6.07, 6.45) is -6.50. The van der Waals surface area contributed by atoms with E-state index in [-0.39, 0.29) is 10.6 Å². The largest absolute Gasteiger partial charge is 0.433 e. The van der Waals surface area contributed by atoms with E-state index in [4.69, 9.17) is 4.78 Å². The molecule has 0 bridgehead atoms. The van der Waals surface area contributed by atoms with Gasteiger partial charge in [0.2, 0.25) is 0 Å². The summed E-state index contributed by atoms with van der Waals surface area (Å²) in [4.78, 5) is 3.26. The zero-order chi connectivity index (χ0) is 18.1. The van der Waals surface area contributed by atoms with Gasteiger partial charge in [-0.25, -0.2) is 13.0 Å².